The zero-order valence-electron chi connectivity index (χ0n) is 15.0. The molecular weight excluding hydrogens is 332 g/mol. The number of aromatic nitrogens is 3. The Morgan fingerprint density at radius 3 is 2.73 bits per heavy atom. The second-order valence-corrected chi connectivity index (χ2v) is 5.80. The first kappa shape index (κ1) is 17.8. The third kappa shape index (κ3) is 3.99. The minimum absolute atomic E-state index is 0.0243. The highest BCUT2D eigenvalue weighted by Gasteiger charge is 2.20. The molecule has 3 rings (SSSR count). The Kier molecular flexibility index (Phi) is 5.78. The van der Waals surface area contributed by atoms with Gasteiger partial charge in [-0.1, -0.05) is 42.4 Å². The molecule has 0 saturated heterocycles. The third-order valence-corrected chi connectivity index (χ3v) is 3.98. The Bertz CT molecular complexity index is 877. The van der Waals surface area contributed by atoms with Gasteiger partial charge in [0.15, 0.2) is 0 Å². The van der Waals surface area contributed by atoms with Crippen LogP contribution in [0, 0.1) is 0 Å². The highest BCUT2D eigenvalue weighted by Crippen LogP contribution is 2.25. The lowest BCUT2D eigenvalue weighted by atomic mass is 10.1. The molecule has 0 aliphatic rings. The molecule has 2 heterocycles. The molecule has 0 radical (unpaired) electrons. The molecule has 0 saturated carbocycles. The average molecular weight is 354 g/mol. The van der Waals surface area contributed by atoms with Crippen LogP contribution in [0.4, 0.5) is 5.82 Å². The van der Waals surface area contributed by atoms with Crippen molar-refractivity contribution in [3.63, 3.8) is 0 Å². The summed E-state index contributed by atoms with van der Waals surface area (Å²) in [6.07, 6.45) is 2.57. The quantitative estimate of drug-likeness (QED) is 0.490. The normalized spacial score (nSPS) is 10.8. The number of benzene rings is 1. The molecule has 7 heteroatoms. The topological polar surface area (TPSA) is 90.1 Å². The third-order valence-electron chi connectivity index (χ3n) is 3.98. The number of aryl methyl sites for hydroxylation is 2. The summed E-state index contributed by atoms with van der Waals surface area (Å²) in [6.45, 7) is 4.69. The highest BCUT2D eigenvalue weighted by molar-refractivity contribution is 5.93. The Balaban J connectivity index is 1.78. The maximum absolute atomic E-state index is 12.0. The first-order chi connectivity index (χ1) is 12.7. The van der Waals surface area contributed by atoms with Crippen molar-refractivity contribution in [2.75, 3.05) is 18.5 Å². The lowest BCUT2D eigenvalue weighted by Crippen LogP contribution is -2.13. The van der Waals surface area contributed by atoms with Crippen molar-refractivity contribution in [1.82, 2.24) is 15.1 Å². The van der Waals surface area contributed by atoms with Crippen molar-refractivity contribution < 1.29 is 14.1 Å². The van der Waals surface area contributed by atoms with E-state index in [0.717, 1.165) is 23.9 Å². The monoisotopic (exact) mass is 354 g/mol. The van der Waals surface area contributed by atoms with E-state index in [-0.39, 0.29) is 12.4 Å². The Morgan fingerprint density at radius 2 is 2.00 bits per heavy atom. The Hall–Kier alpha value is -2.96. The van der Waals surface area contributed by atoms with Crippen LogP contribution in [-0.2, 0) is 17.6 Å². The SMILES string of the molecule is CCOC(=O)c1nc(NCCCc2ccccc2)c2c(CC)noc2n1. The van der Waals surface area contributed by atoms with Gasteiger partial charge in [-0.05, 0) is 31.7 Å². The van der Waals surface area contributed by atoms with E-state index in [9.17, 15) is 4.79 Å². The zero-order valence-corrected chi connectivity index (χ0v) is 15.0. The lowest BCUT2D eigenvalue weighted by Gasteiger charge is -2.08. The maximum atomic E-state index is 12.0. The molecule has 0 spiro atoms. The van der Waals surface area contributed by atoms with Gasteiger partial charge in [0.2, 0.25) is 5.82 Å². The molecule has 7 nitrogen and oxygen atoms in total. The number of carbonyl (C=O) groups is 1. The number of rotatable bonds is 8. The fraction of sp³-hybridized carbons (Fsp3) is 0.368. The molecule has 0 fully saturated rings. The van der Waals surface area contributed by atoms with Crippen molar-refractivity contribution in [1.29, 1.82) is 0 Å². The molecule has 1 N–H and O–H groups in total. The number of esters is 1. The van der Waals surface area contributed by atoms with E-state index in [1.54, 1.807) is 6.92 Å². The van der Waals surface area contributed by atoms with Crippen LogP contribution in [0.2, 0.25) is 0 Å². The summed E-state index contributed by atoms with van der Waals surface area (Å²) < 4.78 is 10.3. The van der Waals surface area contributed by atoms with E-state index in [4.69, 9.17) is 9.26 Å². The van der Waals surface area contributed by atoms with Crippen LogP contribution in [-0.4, -0.2) is 34.2 Å². The van der Waals surface area contributed by atoms with Gasteiger partial charge in [0, 0.05) is 6.54 Å². The second kappa shape index (κ2) is 8.42. The van der Waals surface area contributed by atoms with Crippen molar-refractivity contribution in [2.24, 2.45) is 0 Å². The van der Waals surface area contributed by atoms with Crippen LogP contribution in [0.15, 0.2) is 34.9 Å². The highest BCUT2D eigenvalue weighted by atomic mass is 16.5. The van der Waals surface area contributed by atoms with E-state index in [1.165, 1.54) is 5.56 Å². The van der Waals surface area contributed by atoms with E-state index in [0.29, 0.717) is 24.5 Å². The van der Waals surface area contributed by atoms with Gasteiger partial charge in [-0.15, -0.1) is 0 Å². The summed E-state index contributed by atoms with van der Waals surface area (Å²) in [5.41, 5.74) is 2.35. The van der Waals surface area contributed by atoms with Crippen molar-refractivity contribution in [3.8, 4) is 0 Å². The predicted molar refractivity (Wildman–Crippen MR) is 98.2 cm³/mol. The van der Waals surface area contributed by atoms with Gasteiger partial charge in [-0.25, -0.2) is 9.78 Å². The van der Waals surface area contributed by atoms with Gasteiger partial charge < -0.3 is 14.6 Å². The number of ether oxygens (including phenoxy) is 1. The lowest BCUT2D eigenvalue weighted by molar-refractivity contribution is 0.0512. The second-order valence-electron chi connectivity index (χ2n) is 5.80. The average Bonchev–Trinajstić information content (AvgIpc) is 3.09. The van der Waals surface area contributed by atoms with Gasteiger partial charge in [0.1, 0.15) is 11.2 Å². The summed E-state index contributed by atoms with van der Waals surface area (Å²) in [4.78, 5) is 20.5. The zero-order chi connectivity index (χ0) is 18.4. The number of hydrogen-bond acceptors (Lipinski definition) is 7. The summed E-state index contributed by atoms with van der Waals surface area (Å²) in [6, 6.07) is 10.3. The van der Waals surface area contributed by atoms with Crippen LogP contribution >= 0.6 is 0 Å². The number of fused-ring (bicyclic) bond motifs is 1. The largest absolute Gasteiger partial charge is 0.460 e. The standard InChI is InChI=1S/C19H22N4O3/c1-3-14-15-16(20-12-8-11-13-9-6-5-7-10-13)21-17(19(24)25-4-2)22-18(15)26-23-14/h5-7,9-10H,3-4,8,11-12H2,1-2H3,(H,20,21,22). The summed E-state index contributed by atoms with van der Waals surface area (Å²) in [5.74, 6) is -0.0379. The van der Waals surface area contributed by atoms with E-state index in [2.05, 4.69) is 32.6 Å². The first-order valence-corrected chi connectivity index (χ1v) is 8.84. The van der Waals surface area contributed by atoms with Crippen LogP contribution < -0.4 is 5.32 Å². The van der Waals surface area contributed by atoms with Gasteiger partial charge in [0.25, 0.3) is 5.71 Å². The van der Waals surface area contributed by atoms with Crippen LogP contribution in [0.3, 0.4) is 0 Å². The first-order valence-electron chi connectivity index (χ1n) is 8.84. The summed E-state index contributed by atoms with van der Waals surface area (Å²) in [5, 5.41) is 8.05. The van der Waals surface area contributed by atoms with E-state index < -0.39 is 5.97 Å². The van der Waals surface area contributed by atoms with Crippen LogP contribution in [0.25, 0.3) is 11.1 Å². The van der Waals surface area contributed by atoms with Crippen LogP contribution in [0.5, 0.6) is 0 Å². The van der Waals surface area contributed by atoms with Crippen molar-refractivity contribution >= 4 is 22.9 Å². The number of nitrogens with one attached hydrogen (secondary N) is 1. The maximum Gasteiger partial charge on any atom is 0.376 e. The fourth-order valence-corrected chi connectivity index (χ4v) is 2.71. The number of hydrogen-bond donors (Lipinski definition) is 1. The Labute approximate surface area is 151 Å². The smallest absolute Gasteiger partial charge is 0.376 e. The molecule has 3 aromatic rings. The molecule has 0 bridgehead atoms. The Morgan fingerprint density at radius 1 is 1.19 bits per heavy atom. The summed E-state index contributed by atoms with van der Waals surface area (Å²) >= 11 is 0. The number of nitrogens with zero attached hydrogens (tertiary/aromatic N) is 3. The molecular formula is C19H22N4O3. The van der Waals surface area contributed by atoms with Gasteiger partial charge in [-0.2, -0.15) is 4.98 Å². The molecule has 0 amide bonds. The van der Waals surface area contributed by atoms with Crippen molar-refractivity contribution in [3.05, 3.63) is 47.4 Å². The van der Waals surface area contributed by atoms with Crippen LogP contribution in [0.1, 0.15) is 42.1 Å². The minimum Gasteiger partial charge on any atom is -0.460 e. The molecule has 2 aromatic heterocycles. The molecule has 0 atom stereocenters. The molecule has 0 aliphatic heterocycles. The molecule has 1 aromatic carbocycles. The predicted octanol–water partition coefficient (Wildman–Crippen LogP) is 3.40. The molecule has 136 valence electrons. The number of carbonyl (C=O) groups excluding carboxylic acids is 1. The van der Waals surface area contributed by atoms with Crippen molar-refractivity contribution in [2.45, 2.75) is 33.1 Å². The van der Waals surface area contributed by atoms with E-state index in [1.807, 2.05) is 25.1 Å². The fourth-order valence-electron chi connectivity index (χ4n) is 2.71. The molecule has 0 aliphatic carbocycles. The van der Waals surface area contributed by atoms with Gasteiger partial charge >= 0.3 is 5.97 Å². The van der Waals surface area contributed by atoms with E-state index >= 15 is 0 Å². The summed E-state index contributed by atoms with van der Waals surface area (Å²) in [7, 11) is 0. The minimum atomic E-state index is -0.573. The molecule has 26 heavy (non-hydrogen) atoms. The number of anilines is 1. The van der Waals surface area contributed by atoms with Gasteiger partial charge in [0.05, 0.1) is 12.3 Å². The van der Waals surface area contributed by atoms with Gasteiger partial charge in [-0.3, -0.25) is 0 Å². The molecule has 0 unspecified atom stereocenters.